The number of hydrogen-bond donors (Lipinski definition) is 1. The predicted octanol–water partition coefficient (Wildman–Crippen LogP) is 3.05. The highest BCUT2D eigenvalue weighted by molar-refractivity contribution is 5.92. The van der Waals surface area contributed by atoms with Crippen LogP contribution in [0.4, 0.5) is 5.69 Å². The second-order valence-corrected chi connectivity index (χ2v) is 4.31. The molecule has 0 spiro atoms. The van der Waals surface area contributed by atoms with E-state index in [1.165, 1.54) is 0 Å². The van der Waals surface area contributed by atoms with Gasteiger partial charge in [-0.1, -0.05) is 29.4 Å². The molecule has 0 aliphatic heterocycles. The Kier molecular flexibility index (Phi) is 5.60. The summed E-state index contributed by atoms with van der Waals surface area (Å²) in [5.74, 6) is -0.916. The lowest BCUT2D eigenvalue weighted by atomic mass is 10.1. The van der Waals surface area contributed by atoms with Crippen molar-refractivity contribution in [3.63, 3.8) is 0 Å². The van der Waals surface area contributed by atoms with Crippen LogP contribution in [-0.4, -0.2) is 36.6 Å². The number of benzene rings is 1. The molecule has 0 saturated carbocycles. The van der Waals surface area contributed by atoms with E-state index in [0.717, 1.165) is 5.56 Å². The average molecular weight is 260 g/mol. The SMILES string of the molecule is CN(C)CCC(=Cc1ccc(N=[N+]=[N-])cc1)C(=O)O. The first-order valence-electron chi connectivity index (χ1n) is 5.76. The quantitative estimate of drug-likeness (QED) is 0.369. The van der Waals surface area contributed by atoms with E-state index in [4.69, 9.17) is 10.6 Å². The molecule has 100 valence electrons. The summed E-state index contributed by atoms with van der Waals surface area (Å²) in [6.07, 6.45) is 2.10. The topological polar surface area (TPSA) is 89.3 Å². The van der Waals surface area contributed by atoms with Gasteiger partial charge in [-0.3, -0.25) is 0 Å². The molecule has 0 aromatic heterocycles. The Labute approximate surface area is 111 Å². The monoisotopic (exact) mass is 260 g/mol. The minimum atomic E-state index is -0.916. The van der Waals surface area contributed by atoms with Gasteiger partial charge in [-0.25, -0.2) is 4.79 Å². The van der Waals surface area contributed by atoms with Crippen LogP contribution in [0.2, 0.25) is 0 Å². The molecule has 0 aliphatic carbocycles. The number of carbonyl (C=O) groups is 1. The highest BCUT2D eigenvalue weighted by atomic mass is 16.4. The molecule has 0 unspecified atom stereocenters. The van der Waals surface area contributed by atoms with Gasteiger partial charge in [0.2, 0.25) is 0 Å². The Hall–Kier alpha value is -2.30. The smallest absolute Gasteiger partial charge is 0.331 e. The summed E-state index contributed by atoms with van der Waals surface area (Å²) in [5, 5.41) is 12.6. The largest absolute Gasteiger partial charge is 0.478 e. The van der Waals surface area contributed by atoms with Crippen molar-refractivity contribution in [1.29, 1.82) is 0 Å². The fraction of sp³-hybridized carbons (Fsp3) is 0.308. The van der Waals surface area contributed by atoms with Gasteiger partial charge in [0.25, 0.3) is 0 Å². The minimum Gasteiger partial charge on any atom is -0.478 e. The zero-order valence-corrected chi connectivity index (χ0v) is 10.9. The molecule has 0 bridgehead atoms. The third-order valence-corrected chi connectivity index (χ3v) is 2.50. The molecule has 1 aromatic carbocycles. The third kappa shape index (κ3) is 5.25. The minimum absolute atomic E-state index is 0.352. The summed E-state index contributed by atoms with van der Waals surface area (Å²) in [5.41, 5.74) is 9.92. The summed E-state index contributed by atoms with van der Waals surface area (Å²) < 4.78 is 0. The number of azide groups is 1. The molecule has 6 nitrogen and oxygen atoms in total. The van der Waals surface area contributed by atoms with Crippen LogP contribution in [0, 0.1) is 0 Å². The number of rotatable bonds is 6. The van der Waals surface area contributed by atoms with Crippen molar-refractivity contribution >= 4 is 17.7 Å². The molecule has 6 heteroatoms. The first-order chi connectivity index (χ1) is 9.02. The Morgan fingerprint density at radius 1 is 1.42 bits per heavy atom. The van der Waals surface area contributed by atoms with Crippen molar-refractivity contribution in [3.05, 3.63) is 45.8 Å². The molecular formula is C13H16N4O2. The van der Waals surface area contributed by atoms with Gasteiger partial charge in [0, 0.05) is 22.7 Å². The van der Waals surface area contributed by atoms with Crippen molar-refractivity contribution in [3.8, 4) is 0 Å². The molecule has 19 heavy (non-hydrogen) atoms. The van der Waals surface area contributed by atoms with Crippen molar-refractivity contribution in [1.82, 2.24) is 4.90 Å². The van der Waals surface area contributed by atoms with Gasteiger partial charge >= 0.3 is 5.97 Å². The van der Waals surface area contributed by atoms with Crippen LogP contribution in [0.3, 0.4) is 0 Å². The lowest BCUT2D eigenvalue weighted by Crippen LogP contribution is -2.15. The fourth-order valence-electron chi connectivity index (χ4n) is 1.47. The second kappa shape index (κ2) is 7.20. The highest BCUT2D eigenvalue weighted by Gasteiger charge is 2.07. The van der Waals surface area contributed by atoms with E-state index >= 15 is 0 Å². The normalized spacial score (nSPS) is 11.2. The van der Waals surface area contributed by atoms with Crippen LogP contribution in [0.25, 0.3) is 16.5 Å². The maximum Gasteiger partial charge on any atom is 0.331 e. The summed E-state index contributed by atoms with van der Waals surface area (Å²) in [4.78, 5) is 15.7. The molecule has 0 heterocycles. The van der Waals surface area contributed by atoms with E-state index in [1.54, 1.807) is 30.3 Å². The number of carboxylic acids is 1. The summed E-state index contributed by atoms with van der Waals surface area (Å²) in [6.45, 7) is 0.676. The van der Waals surface area contributed by atoms with Crippen LogP contribution in [0.5, 0.6) is 0 Å². The number of nitrogens with zero attached hydrogens (tertiary/aromatic N) is 4. The third-order valence-electron chi connectivity index (χ3n) is 2.50. The maximum absolute atomic E-state index is 11.1. The van der Waals surface area contributed by atoms with Crippen LogP contribution in [0.1, 0.15) is 12.0 Å². The summed E-state index contributed by atoms with van der Waals surface area (Å²) >= 11 is 0. The first-order valence-corrected chi connectivity index (χ1v) is 5.76. The molecule has 0 atom stereocenters. The molecule has 0 aliphatic rings. The van der Waals surface area contributed by atoms with Gasteiger partial charge in [0.1, 0.15) is 0 Å². The molecular weight excluding hydrogens is 244 g/mol. The number of aliphatic carboxylic acids is 1. The van der Waals surface area contributed by atoms with Gasteiger partial charge in [-0.05, 0) is 37.7 Å². The van der Waals surface area contributed by atoms with E-state index in [9.17, 15) is 4.79 Å². The molecule has 0 radical (unpaired) electrons. The standard InChI is InChI=1S/C13H16N4O2/c1-17(2)8-7-11(13(18)19)9-10-3-5-12(6-4-10)15-16-14/h3-6,9H,7-8H2,1-2H3,(H,18,19). The Morgan fingerprint density at radius 3 is 2.53 bits per heavy atom. The summed E-state index contributed by atoms with van der Waals surface area (Å²) in [7, 11) is 3.79. The van der Waals surface area contributed by atoms with E-state index in [2.05, 4.69) is 10.0 Å². The summed E-state index contributed by atoms with van der Waals surface area (Å²) in [6, 6.07) is 6.75. The highest BCUT2D eigenvalue weighted by Crippen LogP contribution is 2.16. The van der Waals surface area contributed by atoms with Crippen molar-refractivity contribution < 1.29 is 9.90 Å². The van der Waals surface area contributed by atoms with E-state index < -0.39 is 5.97 Å². The Morgan fingerprint density at radius 2 is 2.05 bits per heavy atom. The van der Waals surface area contributed by atoms with Gasteiger partial charge in [0.15, 0.2) is 0 Å². The van der Waals surface area contributed by atoms with Gasteiger partial charge in [-0.15, -0.1) is 0 Å². The first kappa shape index (κ1) is 14.8. The van der Waals surface area contributed by atoms with E-state index in [0.29, 0.717) is 24.2 Å². The molecule has 0 amide bonds. The zero-order chi connectivity index (χ0) is 14.3. The van der Waals surface area contributed by atoms with Gasteiger partial charge < -0.3 is 10.0 Å². The number of carboxylic acid groups (broad SMARTS) is 1. The predicted molar refractivity (Wildman–Crippen MR) is 74.0 cm³/mol. The Balaban J connectivity index is 2.88. The Bertz CT molecular complexity index is 514. The lowest BCUT2D eigenvalue weighted by Gasteiger charge is -2.09. The van der Waals surface area contributed by atoms with Crippen molar-refractivity contribution in [2.75, 3.05) is 20.6 Å². The molecule has 1 rings (SSSR count). The van der Waals surface area contributed by atoms with Crippen molar-refractivity contribution in [2.45, 2.75) is 6.42 Å². The maximum atomic E-state index is 11.1. The molecule has 0 saturated heterocycles. The van der Waals surface area contributed by atoms with E-state index in [-0.39, 0.29) is 0 Å². The number of hydrogen-bond acceptors (Lipinski definition) is 3. The van der Waals surface area contributed by atoms with Crippen LogP contribution < -0.4 is 0 Å². The van der Waals surface area contributed by atoms with Crippen LogP contribution >= 0.6 is 0 Å². The van der Waals surface area contributed by atoms with Crippen LogP contribution in [0.15, 0.2) is 35.0 Å². The van der Waals surface area contributed by atoms with Crippen molar-refractivity contribution in [2.24, 2.45) is 5.11 Å². The second-order valence-electron chi connectivity index (χ2n) is 4.31. The zero-order valence-electron chi connectivity index (χ0n) is 10.9. The van der Waals surface area contributed by atoms with E-state index in [1.807, 2.05) is 19.0 Å². The molecule has 1 aromatic rings. The van der Waals surface area contributed by atoms with Gasteiger partial charge in [0.05, 0.1) is 0 Å². The average Bonchev–Trinajstić information content (AvgIpc) is 2.36. The fourth-order valence-corrected chi connectivity index (χ4v) is 1.47. The van der Waals surface area contributed by atoms with Crippen LogP contribution in [-0.2, 0) is 4.79 Å². The van der Waals surface area contributed by atoms with Gasteiger partial charge in [-0.2, -0.15) is 0 Å². The lowest BCUT2D eigenvalue weighted by molar-refractivity contribution is -0.132. The molecule has 0 fully saturated rings. The molecule has 1 N–H and O–H groups in total.